The number of nitrogens with zero attached hydrogens (tertiary/aromatic N) is 2. The maximum absolute atomic E-state index is 13.6. The van der Waals surface area contributed by atoms with Gasteiger partial charge >= 0.3 is 6.03 Å². The van der Waals surface area contributed by atoms with E-state index in [2.05, 4.69) is 59.6 Å². The van der Waals surface area contributed by atoms with E-state index < -0.39 is 0 Å². The molecule has 2 heterocycles. The average molecular weight is 474 g/mol. The quantitative estimate of drug-likeness (QED) is 0.544. The standard InChI is InChI=1S/C29H32FN3O2/c1-20-7-2-3-10-25(20)21-11-13-22(14-12-21)28-26-18-32(15-4-5-16-33(26)27(28)19-34)29(35)31-24-9-6-8-23(30)17-24/h2-3,6-14,17,26-28,34H,4-5,15-16,18-19H2,1H3,(H,31,35)/t26-,27-,28-/m0/s1. The SMILES string of the molecule is Cc1ccccc1-c1ccc([C@@H]2[C@H](CO)N3CCCCN(C(=O)Nc4cccc(F)c4)C[C@@H]23)cc1. The van der Waals surface area contributed by atoms with Crippen molar-refractivity contribution < 1.29 is 14.3 Å². The number of carbonyl (C=O) groups excluding carboxylic acids is 1. The largest absolute Gasteiger partial charge is 0.395 e. The fraction of sp³-hybridized carbons (Fsp3) is 0.345. The van der Waals surface area contributed by atoms with Crippen LogP contribution in [0.5, 0.6) is 0 Å². The highest BCUT2D eigenvalue weighted by Gasteiger charge is 2.49. The third-order valence-corrected chi connectivity index (χ3v) is 7.48. The van der Waals surface area contributed by atoms with Crippen LogP contribution in [0.1, 0.15) is 29.9 Å². The number of rotatable bonds is 4. The minimum atomic E-state index is -0.374. The molecule has 0 unspecified atom stereocenters. The van der Waals surface area contributed by atoms with Crippen LogP contribution in [0.2, 0.25) is 0 Å². The van der Waals surface area contributed by atoms with Gasteiger partial charge in [-0.05, 0) is 66.8 Å². The molecule has 0 saturated carbocycles. The molecule has 5 nitrogen and oxygen atoms in total. The summed E-state index contributed by atoms with van der Waals surface area (Å²) in [4.78, 5) is 17.3. The van der Waals surface area contributed by atoms with E-state index in [1.165, 1.54) is 34.4 Å². The van der Waals surface area contributed by atoms with Crippen molar-refractivity contribution in [3.8, 4) is 11.1 Å². The second-order valence-electron chi connectivity index (χ2n) is 9.61. The summed E-state index contributed by atoms with van der Waals surface area (Å²) in [6, 6.07) is 23.0. The second kappa shape index (κ2) is 10.2. The Kier molecular flexibility index (Phi) is 6.84. The van der Waals surface area contributed by atoms with E-state index in [-0.39, 0.29) is 36.5 Å². The Hall–Kier alpha value is -3.22. The normalized spacial score (nSPS) is 22.5. The van der Waals surface area contributed by atoms with Gasteiger partial charge < -0.3 is 15.3 Å². The van der Waals surface area contributed by atoms with Crippen LogP contribution in [-0.2, 0) is 0 Å². The van der Waals surface area contributed by atoms with Gasteiger partial charge in [0.1, 0.15) is 5.82 Å². The molecule has 3 aromatic rings. The zero-order chi connectivity index (χ0) is 24.4. The number of aliphatic hydroxyl groups excluding tert-OH is 1. The minimum absolute atomic E-state index is 0.0514. The lowest BCUT2D eigenvalue weighted by Crippen LogP contribution is -2.68. The molecule has 2 fully saturated rings. The lowest BCUT2D eigenvalue weighted by Gasteiger charge is -2.57. The molecule has 0 radical (unpaired) electrons. The lowest BCUT2D eigenvalue weighted by molar-refractivity contribution is -0.0585. The first-order chi connectivity index (χ1) is 17.0. The van der Waals surface area contributed by atoms with Crippen molar-refractivity contribution in [3.05, 3.63) is 89.7 Å². The topological polar surface area (TPSA) is 55.8 Å². The highest BCUT2D eigenvalue weighted by atomic mass is 19.1. The van der Waals surface area contributed by atoms with Gasteiger partial charge in [0.05, 0.1) is 6.61 Å². The molecule has 2 amide bonds. The predicted molar refractivity (Wildman–Crippen MR) is 137 cm³/mol. The van der Waals surface area contributed by atoms with Gasteiger partial charge in [-0.2, -0.15) is 0 Å². The fourth-order valence-electron chi connectivity index (χ4n) is 5.68. The van der Waals surface area contributed by atoms with Gasteiger partial charge in [-0.3, -0.25) is 4.90 Å². The molecule has 6 heteroatoms. The molecular weight excluding hydrogens is 441 g/mol. The van der Waals surface area contributed by atoms with Gasteiger partial charge in [0.25, 0.3) is 0 Å². The van der Waals surface area contributed by atoms with E-state index in [1.807, 2.05) is 11.0 Å². The number of aliphatic hydroxyl groups is 1. The van der Waals surface area contributed by atoms with Crippen molar-refractivity contribution in [2.45, 2.75) is 37.8 Å². The van der Waals surface area contributed by atoms with Crippen molar-refractivity contribution in [1.82, 2.24) is 9.80 Å². The summed E-state index contributed by atoms with van der Waals surface area (Å²) in [5, 5.41) is 13.1. The van der Waals surface area contributed by atoms with E-state index in [0.717, 1.165) is 19.4 Å². The third kappa shape index (κ3) is 4.81. The van der Waals surface area contributed by atoms with Crippen LogP contribution < -0.4 is 5.32 Å². The van der Waals surface area contributed by atoms with Gasteiger partial charge in [-0.25, -0.2) is 9.18 Å². The summed E-state index contributed by atoms with van der Waals surface area (Å²) in [7, 11) is 0. The van der Waals surface area contributed by atoms with Gasteiger partial charge in [-0.15, -0.1) is 0 Å². The summed E-state index contributed by atoms with van der Waals surface area (Å²) >= 11 is 0. The Balaban J connectivity index is 1.35. The molecule has 0 spiro atoms. The fourth-order valence-corrected chi connectivity index (χ4v) is 5.68. The Morgan fingerprint density at radius 3 is 2.54 bits per heavy atom. The van der Waals surface area contributed by atoms with E-state index in [4.69, 9.17) is 0 Å². The van der Waals surface area contributed by atoms with Crippen molar-refractivity contribution in [2.75, 3.05) is 31.6 Å². The molecule has 35 heavy (non-hydrogen) atoms. The average Bonchev–Trinajstić information content (AvgIpc) is 2.84. The number of hydrogen-bond acceptors (Lipinski definition) is 3. The Labute approximate surface area is 206 Å². The molecule has 5 rings (SSSR count). The van der Waals surface area contributed by atoms with E-state index >= 15 is 0 Å². The molecular formula is C29H32FN3O2. The van der Waals surface area contributed by atoms with Crippen LogP contribution in [0.15, 0.2) is 72.8 Å². The van der Waals surface area contributed by atoms with E-state index in [1.54, 1.807) is 12.1 Å². The Morgan fingerprint density at radius 2 is 1.80 bits per heavy atom. The molecule has 0 aliphatic carbocycles. The monoisotopic (exact) mass is 473 g/mol. The molecule has 2 aliphatic rings. The van der Waals surface area contributed by atoms with Crippen LogP contribution in [0.4, 0.5) is 14.9 Å². The van der Waals surface area contributed by atoms with Crippen LogP contribution in [0, 0.1) is 12.7 Å². The first kappa shape index (κ1) is 23.5. The summed E-state index contributed by atoms with van der Waals surface area (Å²) in [5.74, 6) is -0.228. The number of hydrogen-bond donors (Lipinski definition) is 2. The number of carbonyl (C=O) groups is 1. The number of halogens is 1. The first-order valence-electron chi connectivity index (χ1n) is 12.4. The highest BCUT2D eigenvalue weighted by Crippen LogP contribution is 2.42. The number of anilines is 1. The molecule has 2 aliphatic heterocycles. The van der Waals surface area contributed by atoms with Crippen LogP contribution >= 0.6 is 0 Å². The minimum Gasteiger partial charge on any atom is -0.395 e. The first-order valence-corrected chi connectivity index (χ1v) is 12.4. The van der Waals surface area contributed by atoms with E-state index in [9.17, 15) is 14.3 Å². The number of urea groups is 1. The third-order valence-electron chi connectivity index (χ3n) is 7.48. The summed E-state index contributed by atoms with van der Waals surface area (Å²) in [6.07, 6.45) is 1.86. The second-order valence-corrected chi connectivity index (χ2v) is 9.61. The van der Waals surface area contributed by atoms with Crippen molar-refractivity contribution in [2.24, 2.45) is 0 Å². The van der Waals surface area contributed by atoms with Gasteiger partial charge in [0.2, 0.25) is 0 Å². The zero-order valence-electron chi connectivity index (χ0n) is 20.0. The molecule has 2 saturated heterocycles. The molecule has 3 atom stereocenters. The predicted octanol–water partition coefficient (Wildman–Crippen LogP) is 5.26. The number of benzene rings is 3. The molecule has 0 aromatic heterocycles. The molecule has 182 valence electrons. The van der Waals surface area contributed by atoms with Crippen LogP contribution in [-0.4, -0.2) is 59.3 Å². The van der Waals surface area contributed by atoms with Crippen molar-refractivity contribution >= 4 is 11.7 Å². The van der Waals surface area contributed by atoms with Crippen molar-refractivity contribution in [1.29, 1.82) is 0 Å². The van der Waals surface area contributed by atoms with Crippen molar-refractivity contribution in [3.63, 3.8) is 0 Å². The Morgan fingerprint density at radius 1 is 1.03 bits per heavy atom. The maximum atomic E-state index is 13.6. The van der Waals surface area contributed by atoms with Gasteiger partial charge in [0.15, 0.2) is 0 Å². The number of fused-ring (bicyclic) bond motifs is 1. The summed E-state index contributed by atoms with van der Waals surface area (Å²) in [6.45, 7) is 4.37. The molecule has 0 bridgehead atoms. The summed E-state index contributed by atoms with van der Waals surface area (Å²) in [5.41, 5.74) is 5.28. The van der Waals surface area contributed by atoms with Gasteiger partial charge in [0, 0.05) is 36.8 Å². The smallest absolute Gasteiger partial charge is 0.321 e. The molecule has 2 N–H and O–H groups in total. The van der Waals surface area contributed by atoms with Crippen LogP contribution in [0.25, 0.3) is 11.1 Å². The number of nitrogens with one attached hydrogen (secondary N) is 1. The number of aryl methyl sites for hydroxylation is 1. The molecule has 3 aromatic carbocycles. The maximum Gasteiger partial charge on any atom is 0.321 e. The Bertz CT molecular complexity index is 1180. The number of amides is 2. The van der Waals surface area contributed by atoms with Crippen LogP contribution in [0.3, 0.4) is 0 Å². The zero-order valence-corrected chi connectivity index (χ0v) is 20.0. The summed E-state index contributed by atoms with van der Waals surface area (Å²) < 4.78 is 13.6. The lowest BCUT2D eigenvalue weighted by atomic mass is 9.74. The highest BCUT2D eigenvalue weighted by molar-refractivity contribution is 5.89. The van der Waals surface area contributed by atoms with E-state index in [0.29, 0.717) is 18.8 Å². The van der Waals surface area contributed by atoms with Gasteiger partial charge in [-0.1, -0.05) is 54.6 Å².